The summed E-state index contributed by atoms with van der Waals surface area (Å²) >= 11 is 6.00. The summed E-state index contributed by atoms with van der Waals surface area (Å²) in [6.07, 6.45) is -0.00911. The number of ether oxygens (including phenoxy) is 1. The van der Waals surface area contributed by atoms with Crippen LogP contribution >= 0.6 is 11.6 Å². The number of amides is 1. The van der Waals surface area contributed by atoms with Crippen molar-refractivity contribution in [1.29, 1.82) is 0 Å². The van der Waals surface area contributed by atoms with Gasteiger partial charge >= 0.3 is 0 Å². The van der Waals surface area contributed by atoms with Gasteiger partial charge in [0.25, 0.3) is 5.91 Å². The van der Waals surface area contributed by atoms with Crippen LogP contribution in [0.15, 0.2) is 59.0 Å². The molecule has 158 valence electrons. The molecular weight excluding hydrogens is 426 g/mol. The van der Waals surface area contributed by atoms with E-state index in [0.717, 1.165) is 12.1 Å². The molecule has 31 heavy (non-hydrogen) atoms. The van der Waals surface area contributed by atoms with Gasteiger partial charge in [0.05, 0.1) is 16.7 Å². The minimum atomic E-state index is -1.06. The summed E-state index contributed by atoms with van der Waals surface area (Å²) in [6.45, 7) is 3.81. The molecule has 0 aliphatic heterocycles. The Morgan fingerprint density at radius 2 is 1.87 bits per heavy atom. The molecule has 3 aromatic carbocycles. The first kappa shape index (κ1) is 20.8. The first-order valence-electron chi connectivity index (χ1n) is 9.44. The Morgan fingerprint density at radius 3 is 2.65 bits per heavy atom. The van der Waals surface area contributed by atoms with E-state index < -0.39 is 11.6 Å². The average Bonchev–Trinajstić information content (AvgIpc) is 3.13. The maximum absolute atomic E-state index is 13.6. The monoisotopic (exact) mass is 442 g/mol. The highest BCUT2D eigenvalue weighted by Crippen LogP contribution is 2.32. The fourth-order valence-electron chi connectivity index (χ4n) is 2.99. The zero-order valence-corrected chi connectivity index (χ0v) is 17.3. The van der Waals surface area contributed by atoms with E-state index in [9.17, 15) is 13.6 Å². The molecule has 0 saturated heterocycles. The van der Waals surface area contributed by atoms with Gasteiger partial charge in [-0.05, 0) is 62.4 Å². The Balaban J connectivity index is 1.59. The summed E-state index contributed by atoms with van der Waals surface area (Å²) in [5.74, 6) is -1.79. The van der Waals surface area contributed by atoms with E-state index in [4.69, 9.17) is 20.8 Å². The molecule has 0 radical (unpaired) electrons. The molecule has 5 nitrogen and oxygen atoms in total. The molecular formula is C23H17ClF2N2O3. The number of hydrogen-bond donors (Lipinski definition) is 1. The zero-order chi connectivity index (χ0) is 22.1. The van der Waals surface area contributed by atoms with E-state index in [-0.39, 0.29) is 28.5 Å². The molecule has 4 aromatic rings. The lowest BCUT2D eigenvalue weighted by Crippen LogP contribution is -2.12. The van der Waals surface area contributed by atoms with Gasteiger partial charge in [-0.2, -0.15) is 0 Å². The summed E-state index contributed by atoms with van der Waals surface area (Å²) in [4.78, 5) is 16.9. The first-order chi connectivity index (χ1) is 14.8. The molecule has 1 aromatic heterocycles. The second-order valence-electron chi connectivity index (χ2n) is 7.10. The van der Waals surface area contributed by atoms with Gasteiger partial charge in [0.15, 0.2) is 17.2 Å². The minimum Gasteiger partial charge on any atom is -0.491 e. The third-order valence-corrected chi connectivity index (χ3v) is 4.67. The molecule has 0 aliphatic carbocycles. The van der Waals surface area contributed by atoms with E-state index in [1.807, 2.05) is 13.8 Å². The highest BCUT2D eigenvalue weighted by Gasteiger charge is 2.16. The topological polar surface area (TPSA) is 64.4 Å². The standard InChI is InChI=1S/C23H17ClF2N2O3/c1-12(2)30-15-5-3-4-13(8-15)22(29)27-14-6-7-21-20(9-14)28-23(31-21)16-10-18(25)19(26)11-17(16)24/h3-12H,1-2H3,(H,27,29). The predicted molar refractivity (Wildman–Crippen MR) is 115 cm³/mol. The molecule has 0 spiro atoms. The summed E-state index contributed by atoms with van der Waals surface area (Å²) in [5, 5.41) is 2.77. The van der Waals surface area contributed by atoms with Crippen LogP contribution in [-0.4, -0.2) is 17.0 Å². The fraction of sp³-hybridized carbons (Fsp3) is 0.130. The number of carbonyl (C=O) groups is 1. The van der Waals surface area contributed by atoms with Crippen LogP contribution in [0.25, 0.3) is 22.6 Å². The van der Waals surface area contributed by atoms with Gasteiger partial charge in [-0.1, -0.05) is 17.7 Å². The van der Waals surface area contributed by atoms with Crippen molar-refractivity contribution in [2.45, 2.75) is 20.0 Å². The summed E-state index contributed by atoms with van der Waals surface area (Å²) in [7, 11) is 0. The van der Waals surface area contributed by atoms with Crippen molar-refractivity contribution in [1.82, 2.24) is 4.98 Å². The van der Waals surface area contributed by atoms with Crippen molar-refractivity contribution < 1.29 is 22.7 Å². The molecule has 1 heterocycles. The van der Waals surface area contributed by atoms with E-state index in [2.05, 4.69) is 10.3 Å². The van der Waals surface area contributed by atoms with Crippen LogP contribution in [0.4, 0.5) is 14.5 Å². The van der Waals surface area contributed by atoms with Crippen LogP contribution in [0.5, 0.6) is 5.75 Å². The Morgan fingerprint density at radius 1 is 1.10 bits per heavy atom. The maximum Gasteiger partial charge on any atom is 0.255 e. The van der Waals surface area contributed by atoms with Gasteiger partial charge in [-0.15, -0.1) is 0 Å². The van der Waals surface area contributed by atoms with Gasteiger partial charge < -0.3 is 14.5 Å². The summed E-state index contributed by atoms with van der Waals surface area (Å²) in [5.41, 5.74) is 1.88. The fourth-order valence-corrected chi connectivity index (χ4v) is 3.22. The second-order valence-corrected chi connectivity index (χ2v) is 7.50. The number of benzene rings is 3. The molecule has 0 fully saturated rings. The number of nitrogens with zero attached hydrogens (tertiary/aromatic N) is 1. The van der Waals surface area contributed by atoms with Crippen molar-refractivity contribution in [2.24, 2.45) is 0 Å². The van der Waals surface area contributed by atoms with Crippen LogP contribution in [0, 0.1) is 11.6 Å². The number of halogens is 3. The highest BCUT2D eigenvalue weighted by molar-refractivity contribution is 6.33. The van der Waals surface area contributed by atoms with Crippen molar-refractivity contribution in [3.8, 4) is 17.2 Å². The molecule has 0 saturated carbocycles. The average molecular weight is 443 g/mol. The molecule has 0 unspecified atom stereocenters. The van der Waals surface area contributed by atoms with Crippen LogP contribution in [0.3, 0.4) is 0 Å². The first-order valence-corrected chi connectivity index (χ1v) is 9.81. The van der Waals surface area contributed by atoms with E-state index in [0.29, 0.717) is 28.1 Å². The highest BCUT2D eigenvalue weighted by atomic mass is 35.5. The summed E-state index contributed by atoms with van der Waals surface area (Å²) in [6, 6.07) is 13.5. The van der Waals surface area contributed by atoms with Crippen molar-refractivity contribution in [3.05, 3.63) is 76.8 Å². The maximum atomic E-state index is 13.6. The van der Waals surface area contributed by atoms with Crippen LogP contribution < -0.4 is 10.1 Å². The molecule has 0 atom stereocenters. The lowest BCUT2D eigenvalue weighted by Gasteiger charge is -2.11. The van der Waals surface area contributed by atoms with Crippen molar-refractivity contribution >= 4 is 34.3 Å². The molecule has 4 rings (SSSR count). The third kappa shape index (κ3) is 4.51. The lowest BCUT2D eigenvalue weighted by molar-refractivity contribution is 0.102. The Kier molecular flexibility index (Phi) is 5.61. The molecule has 8 heteroatoms. The molecule has 0 aliphatic rings. The number of oxazole rings is 1. The van der Waals surface area contributed by atoms with Gasteiger partial charge in [-0.25, -0.2) is 13.8 Å². The van der Waals surface area contributed by atoms with Crippen LogP contribution in [0.2, 0.25) is 5.02 Å². The van der Waals surface area contributed by atoms with E-state index in [1.165, 1.54) is 0 Å². The van der Waals surface area contributed by atoms with Gasteiger partial charge in [0.1, 0.15) is 11.3 Å². The Bertz CT molecular complexity index is 1290. The Hall–Kier alpha value is -3.45. The largest absolute Gasteiger partial charge is 0.491 e. The van der Waals surface area contributed by atoms with Gasteiger partial charge in [0, 0.05) is 11.3 Å². The normalized spacial score (nSPS) is 11.2. The van der Waals surface area contributed by atoms with E-state index in [1.54, 1.807) is 42.5 Å². The number of aromatic nitrogens is 1. The molecule has 1 amide bonds. The number of hydrogen-bond acceptors (Lipinski definition) is 4. The van der Waals surface area contributed by atoms with Gasteiger partial charge in [0.2, 0.25) is 5.89 Å². The quantitative estimate of drug-likeness (QED) is 0.360. The predicted octanol–water partition coefficient (Wildman–Crippen LogP) is 6.47. The second kappa shape index (κ2) is 8.35. The van der Waals surface area contributed by atoms with Gasteiger partial charge in [-0.3, -0.25) is 4.79 Å². The Labute approximate surface area is 181 Å². The SMILES string of the molecule is CC(C)Oc1cccc(C(=O)Nc2ccc3oc(-c4cc(F)c(F)cc4Cl)nc3c2)c1. The third-order valence-electron chi connectivity index (χ3n) is 4.35. The number of anilines is 1. The van der Waals surface area contributed by atoms with Crippen LogP contribution in [-0.2, 0) is 0 Å². The number of rotatable bonds is 5. The number of carbonyl (C=O) groups excluding carboxylic acids is 1. The molecule has 1 N–H and O–H groups in total. The number of nitrogens with one attached hydrogen (secondary N) is 1. The minimum absolute atomic E-state index is 0.00911. The summed E-state index contributed by atoms with van der Waals surface area (Å²) < 4.78 is 38.2. The van der Waals surface area contributed by atoms with Crippen LogP contribution in [0.1, 0.15) is 24.2 Å². The molecule has 0 bridgehead atoms. The smallest absolute Gasteiger partial charge is 0.255 e. The van der Waals surface area contributed by atoms with Crippen molar-refractivity contribution in [2.75, 3.05) is 5.32 Å². The number of fused-ring (bicyclic) bond motifs is 1. The zero-order valence-electron chi connectivity index (χ0n) is 16.6. The van der Waals surface area contributed by atoms with Crippen molar-refractivity contribution in [3.63, 3.8) is 0 Å². The van der Waals surface area contributed by atoms with E-state index >= 15 is 0 Å². The lowest BCUT2D eigenvalue weighted by atomic mass is 10.2.